The summed E-state index contributed by atoms with van der Waals surface area (Å²) in [4.78, 5) is 28.3. The minimum atomic E-state index is -1.85. The molecule has 0 aliphatic carbocycles. The first-order valence-electron chi connectivity index (χ1n) is 10.6. The lowest BCUT2D eigenvalue weighted by atomic mass is 9.85. The minimum Gasteiger partial charge on any atom is -0.375 e. The summed E-state index contributed by atoms with van der Waals surface area (Å²) in [5.41, 5.74) is 3.85. The molecule has 31 heavy (non-hydrogen) atoms. The van der Waals surface area contributed by atoms with E-state index in [1.165, 1.54) is 0 Å². The molecule has 1 amide bonds. The summed E-state index contributed by atoms with van der Waals surface area (Å²) >= 11 is 0. The second-order valence-electron chi connectivity index (χ2n) is 8.44. The summed E-state index contributed by atoms with van der Waals surface area (Å²) in [7, 11) is 0. The maximum Gasteiger partial charge on any atom is 0.264 e. The van der Waals surface area contributed by atoms with E-state index in [0.29, 0.717) is 29.8 Å². The molecule has 0 saturated heterocycles. The first kappa shape index (κ1) is 21.0. The first-order chi connectivity index (χ1) is 14.8. The van der Waals surface area contributed by atoms with Crippen LogP contribution in [0.5, 0.6) is 0 Å². The summed E-state index contributed by atoms with van der Waals surface area (Å²) in [5, 5.41) is 11.5. The Kier molecular flexibility index (Phi) is 5.50. The number of carbonyl (C=O) groups is 2. The van der Waals surface area contributed by atoms with Crippen molar-refractivity contribution in [1.82, 2.24) is 0 Å². The molecular formula is C27H27NO3. The van der Waals surface area contributed by atoms with E-state index in [-0.39, 0.29) is 12.2 Å². The van der Waals surface area contributed by atoms with E-state index in [1.54, 1.807) is 17.0 Å². The third-order valence-corrected chi connectivity index (χ3v) is 6.08. The Bertz CT molecular complexity index is 1130. The van der Waals surface area contributed by atoms with Gasteiger partial charge in [0.2, 0.25) is 0 Å². The number of aliphatic hydroxyl groups is 1. The number of rotatable bonds is 6. The number of para-hydroxylation sites is 1. The Morgan fingerprint density at radius 2 is 1.55 bits per heavy atom. The molecule has 0 spiro atoms. The molecule has 4 heteroatoms. The quantitative estimate of drug-likeness (QED) is 0.598. The zero-order valence-corrected chi connectivity index (χ0v) is 18.2. The number of benzene rings is 3. The van der Waals surface area contributed by atoms with Gasteiger partial charge in [-0.25, -0.2) is 0 Å². The van der Waals surface area contributed by atoms with Gasteiger partial charge in [0, 0.05) is 17.7 Å². The highest BCUT2D eigenvalue weighted by Crippen LogP contribution is 2.43. The molecule has 0 aromatic heterocycles. The SMILES string of the molecule is Cc1cc(C)c(C(=O)C[C@]2(O)C(=O)N(CCc3ccccc3)c3ccccc32)c(C)c1. The molecule has 1 heterocycles. The van der Waals surface area contributed by atoms with Crippen molar-refractivity contribution >= 4 is 17.4 Å². The van der Waals surface area contributed by atoms with Crippen LogP contribution in [-0.2, 0) is 16.8 Å². The van der Waals surface area contributed by atoms with E-state index in [2.05, 4.69) is 0 Å². The van der Waals surface area contributed by atoms with Crippen LogP contribution in [0.25, 0.3) is 0 Å². The smallest absolute Gasteiger partial charge is 0.264 e. The molecule has 1 N–H and O–H groups in total. The Morgan fingerprint density at radius 3 is 2.23 bits per heavy atom. The van der Waals surface area contributed by atoms with Crippen molar-refractivity contribution in [2.24, 2.45) is 0 Å². The van der Waals surface area contributed by atoms with Gasteiger partial charge in [-0.05, 0) is 49.9 Å². The van der Waals surface area contributed by atoms with E-state index in [9.17, 15) is 14.7 Å². The molecule has 0 fully saturated rings. The molecule has 4 nitrogen and oxygen atoms in total. The molecule has 3 aromatic carbocycles. The third kappa shape index (κ3) is 3.79. The van der Waals surface area contributed by atoms with Crippen LogP contribution in [0.2, 0.25) is 0 Å². The van der Waals surface area contributed by atoms with Gasteiger partial charge in [-0.3, -0.25) is 9.59 Å². The van der Waals surface area contributed by atoms with Crippen molar-refractivity contribution in [2.45, 2.75) is 39.2 Å². The van der Waals surface area contributed by atoms with Gasteiger partial charge in [-0.2, -0.15) is 0 Å². The van der Waals surface area contributed by atoms with Gasteiger partial charge < -0.3 is 10.0 Å². The van der Waals surface area contributed by atoms with Crippen LogP contribution in [-0.4, -0.2) is 23.3 Å². The molecular weight excluding hydrogens is 386 g/mol. The standard InChI is InChI=1S/C27H27NO3/c1-18-15-19(2)25(20(3)16-18)24(29)17-27(31)22-11-7-8-12-23(22)28(26(27)30)14-13-21-9-5-4-6-10-21/h4-12,15-16,31H,13-14,17H2,1-3H3/t27-/m1/s1. The maximum atomic E-state index is 13.4. The van der Waals surface area contributed by atoms with Gasteiger partial charge >= 0.3 is 0 Å². The number of nitrogens with zero attached hydrogens (tertiary/aromatic N) is 1. The summed E-state index contributed by atoms with van der Waals surface area (Å²) in [6, 6.07) is 21.1. The van der Waals surface area contributed by atoms with E-state index >= 15 is 0 Å². The fraction of sp³-hybridized carbons (Fsp3) is 0.259. The van der Waals surface area contributed by atoms with E-state index in [0.717, 1.165) is 22.3 Å². The maximum absolute atomic E-state index is 13.4. The van der Waals surface area contributed by atoms with Gasteiger partial charge in [0.15, 0.2) is 11.4 Å². The Labute approximate surface area is 183 Å². The Hall–Kier alpha value is -3.24. The Balaban J connectivity index is 1.65. The van der Waals surface area contributed by atoms with Crippen molar-refractivity contribution in [3.05, 3.63) is 100 Å². The van der Waals surface area contributed by atoms with Gasteiger partial charge in [-0.15, -0.1) is 0 Å². The molecule has 0 unspecified atom stereocenters. The number of hydrogen-bond donors (Lipinski definition) is 1. The molecule has 1 aliphatic rings. The van der Waals surface area contributed by atoms with Crippen LogP contribution in [0.4, 0.5) is 5.69 Å². The fourth-order valence-corrected chi connectivity index (χ4v) is 4.73. The first-order valence-corrected chi connectivity index (χ1v) is 10.6. The topological polar surface area (TPSA) is 57.6 Å². The molecule has 0 bridgehead atoms. The van der Waals surface area contributed by atoms with Crippen LogP contribution in [0, 0.1) is 20.8 Å². The van der Waals surface area contributed by atoms with Crippen molar-refractivity contribution in [1.29, 1.82) is 0 Å². The zero-order valence-electron chi connectivity index (χ0n) is 18.2. The van der Waals surface area contributed by atoms with Crippen molar-refractivity contribution in [3.8, 4) is 0 Å². The molecule has 0 saturated carbocycles. The largest absolute Gasteiger partial charge is 0.375 e. The van der Waals surface area contributed by atoms with Crippen LogP contribution < -0.4 is 4.90 Å². The van der Waals surface area contributed by atoms with E-state index < -0.39 is 11.5 Å². The predicted molar refractivity (Wildman–Crippen MR) is 122 cm³/mol. The van der Waals surface area contributed by atoms with Gasteiger partial charge in [0.25, 0.3) is 5.91 Å². The van der Waals surface area contributed by atoms with Crippen LogP contribution >= 0.6 is 0 Å². The third-order valence-electron chi connectivity index (χ3n) is 6.08. The summed E-state index contributed by atoms with van der Waals surface area (Å²) in [6.45, 7) is 6.23. The summed E-state index contributed by atoms with van der Waals surface area (Å²) in [5.74, 6) is -0.647. The Morgan fingerprint density at radius 1 is 0.935 bits per heavy atom. The molecule has 4 rings (SSSR count). The normalized spacial score (nSPS) is 17.7. The predicted octanol–water partition coefficient (Wildman–Crippen LogP) is 4.66. The lowest BCUT2D eigenvalue weighted by Gasteiger charge is -2.23. The fourth-order valence-electron chi connectivity index (χ4n) is 4.73. The highest BCUT2D eigenvalue weighted by molar-refractivity contribution is 6.11. The van der Waals surface area contributed by atoms with Gasteiger partial charge in [0.05, 0.1) is 12.1 Å². The number of ketones is 1. The average Bonchev–Trinajstić information content (AvgIpc) is 2.93. The minimum absolute atomic E-state index is 0.217. The number of Topliss-reactive ketones (excluding diaryl/α,β-unsaturated/α-hetero) is 1. The lowest BCUT2D eigenvalue weighted by molar-refractivity contribution is -0.135. The molecule has 1 atom stereocenters. The molecule has 158 valence electrons. The highest BCUT2D eigenvalue weighted by atomic mass is 16.3. The molecule has 1 aliphatic heterocycles. The van der Waals surface area contributed by atoms with Crippen molar-refractivity contribution < 1.29 is 14.7 Å². The second kappa shape index (κ2) is 8.12. The number of amides is 1. The number of aryl methyl sites for hydroxylation is 3. The molecule has 0 radical (unpaired) electrons. The number of hydrogen-bond acceptors (Lipinski definition) is 3. The summed E-state index contributed by atoms with van der Waals surface area (Å²) < 4.78 is 0. The number of anilines is 1. The molecule has 3 aromatic rings. The monoisotopic (exact) mass is 413 g/mol. The van der Waals surface area contributed by atoms with Crippen LogP contribution in [0.1, 0.15) is 44.6 Å². The lowest BCUT2D eigenvalue weighted by Crippen LogP contribution is -2.42. The van der Waals surface area contributed by atoms with Crippen LogP contribution in [0.3, 0.4) is 0 Å². The van der Waals surface area contributed by atoms with Crippen molar-refractivity contribution in [3.63, 3.8) is 0 Å². The second-order valence-corrected chi connectivity index (χ2v) is 8.44. The highest BCUT2D eigenvalue weighted by Gasteiger charge is 2.50. The van der Waals surface area contributed by atoms with Gasteiger partial charge in [-0.1, -0.05) is 66.2 Å². The van der Waals surface area contributed by atoms with Crippen LogP contribution in [0.15, 0.2) is 66.7 Å². The van der Waals surface area contributed by atoms with E-state index in [1.807, 2.05) is 75.4 Å². The van der Waals surface area contributed by atoms with Crippen molar-refractivity contribution in [2.75, 3.05) is 11.4 Å². The summed E-state index contributed by atoms with van der Waals surface area (Å²) in [6.07, 6.45) is 0.399. The van der Waals surface area contributed by atoms with Gasteiger partial charge in [0.1, 0.15) is 0 Å². The number of carbonyl (C=O) groups excluding carboxylic acids is 2. The average molecular weight is 414 g/mol. The number of fused-ring (bicyclic) bond motifs is 1. The zero-order chi connectivity index (χ0) is 22.2. The van der Waals surface area contributed by atoms with E-state index in [4.69, 9.17) is 0 Å².